The zero-order chi connectivity index (χ0) is 16.0. The summed E-state index contributed by atoms with van der Waals surface area (Å²) in [6.07, 6.45) is 1.48. The number of hydrogen-bond donors (Lipinski definition) is 4. The van der Waals surface area contributed by atoms with E-state index in [4.69, 9.17) is 10.8 Å². The van der Waals surface area contributed by atoms with Crippen LogP contribution in [0.2, 0.25) is 0 Å². The summed E-state index contributed by atoms with van der Waals surface area (Å²) in [5.74, 6) is 0.00989. The molecule has 0 bridgehead atoms. The summed E-state index contributed by atoms with van der Waals surface area (Å²) in [4.78, 5) is 16.9. The van der Waals surface area contributed by atoms with E-state index in [0.717, 1.165) is 13.0 Å². The molecule has 0 fully saturated rings. The molecule has 0 saturated heterocycles. The van der Waals surface area contributed by atoms with E-state index in [0.29, 0.717) is 16.4 Å². The number of anilines is 2. The number of aromatic nitrogens is 1. The van der Waals surface area contributed by atoms with Crippen molar-refractivity contribution in [1.82, 2.24) is 10.3 Å². The van der Waals surface area contributed by atoms with Crippen molar-refractivity contribution in [2.75, 3.05) is 24.2 Å². The molecule has 0 aromatic carbocycles. The Morgan fingerprint density at radius 2 is 2.14 bits per heavy atom. The third-order valence-electron chi connectivity index (χ3n) is 3.15. The lowest BCUT2D eigenvalue weighted by Gasteiger charge is -2.30. The zero-order valence-corrected chi connectivity index (χ0v) is 14.0. The van der Waals surface area contributed by atoms with Crippen LogP contribution in [0.1, 0.15) is 50.2 Å². The molecule has 7 heteroatoms. The molecule has 1 aromatic heterocycles. The molecule has 1 unspecified atom stereocenters. The molecule has 21 heavy (non-hydrogen) atoms. The van der Waals surface area contributed by atoms with E-state index >= 15 is 0 Å². The number of aliphatic hydroxyl groups excluding tert-OH is 1. The fraction of sp³-hybridized carbons (Fsp3) is 0.714. The second-order valence-electron chi connectivity index (χ2n) is 6.06. The molecule has 0 radical (unpaired) electrons. The van der Waals surface area contributed by atoms with Crippen LogP contribution in [0.25, 0.3) is 0 Å². The first-order valence-corrected chi connectivity index (χ1v) is 8.03. The molecule has 6 nitrogen and oxygen atoms in total. The lowest BCUT2D eigenvalue weighted by molar-refractivity contribution is 0.0890. The number of nitrogens with two attached hydrogens (primary N) is 1. The van der Waals surface area contributed by atoms with E-state index in [1.54, 1.807) is 0 Å². The average molecular weight is 314 g/mol. The molecule has 0 aliphatic heterocycles. The van der Waals surface area contributed by atoms with Crippen molar-refractivity contribution < 1.29 is 9.90 Å². The quantitative estimate of drug-likeness (QED) is 0.617. The Labute approximate surface area is 130 Å². The standard InChI is InChI=1S/C14H26N4O2S/c1-5-7-16-13-18-11(15)10(21-13)12(20)17-9(6-8-19)14(2,3)4/h9,19H,5-8,15H2,1-4H3,(H,16,18)(H,17,20). The van der Waals surface area contributed by atoms with Gasteiger partial charge in [0.2, 0.25) is 0 Å². The van der Waals surface area contributed by atoms with Crippen LogP contribution in [0.4, 0.5) is 10.9 Å². The van der Waals surface area contributed by atoms with E-state index in [1.165, 1.54) is 11.3 Å². The minimum atomic E-state index is -0.233. The first-order chi connectivity index (χ1) is 9.79. The normalized spacial score (nSPS) is 13.0. The molecule has 5 N–H and O–H groups in total. The zero-order valence-electron chi connectivity index (χ0n) is 13.2. The molecule has 120 valence electrons. The summed E-state index contributed by atoms with van der Waals surface area (Å²) in [5, 5.41) is 15.9. The fourth-order valence-corrected chi connectivity index (χ4v) is 2.69. The number of rotatable bonds is 7. The van der Waals surface area contributed by atoms with Crippen molar-refractivity contribution in [3.8, 4) is 0 Å². The molecule has 1 heterocycles. The lowest BCUT2D eigenvalue weighted by atomic mass is 9.85. The summed E-state index contributed by atoms with van der Waals surface area (Å²) in [6, 6.07) is -0.122. The molecule has 0 saturated carbocycles. The maximum atomic E-state index is 12.4. The van der Waals surface area contributed by atoms with Crippen molar-refractivity contribution in [3.63, 3.8) is 0 Å². The Bertz CT molecular complexity index is 468. The highest BCUT2D eigenvalue weighted by Gasteiger charge is 2.27. The number of carbonyl (C=O) groups excluding carboxylic acids is 1. The Morgan fingerprint density at radius 3 is 2.67 bits per heavy atom. The molecule has 1 rings (SSSR count). The summed E-state index contributed by atoms with van der Waals surface area (Å²) in [7, 11) is 0. The summed E-state index contributed by atoms with van der Waals surface area (Å²) in [5.41, 5.74) is 5.68. The van der Waals surface area contributed by atoms with Crippen LogP contribution < -0.4 is 16.4 Å². The van der Waals surface area contributed by atoms with Crippen molar-refractivity contribution in [2.24, 2.45) is 5.41 Å². The molecule has 0 aliphatic carbocycles. The van der Waals surface area contributed by atoms with Gasteiger partial charge in [-0.25, -0.2) is 4.98 Å². The summed E-state index contributed by atoms with van der Waals surface area (Å²) >= 11 is 1.26. The number of thiazole rings is 1. The number of nitrogen functional groups attached to an aromatic ring is 1. The van der Waals surface area contributed by atoms with Gasteiger partial charge in [-0.2, -0.15) is 0 Å². The van der Waals surface area contributed by atoms with Crippen molar-refractivity contribution >= 4 is 28.2 Å². The van der Waals surface area contributed by atoms with Gasteiger partial charge in [-0.05, 0) is 18.3 Å². The first-order valence-electron chi connectivity index (χ1n) is 7.21. The van der Waals surface area contributed by atoms with Crippen molar-refractivity contribution in [1.29, 1.82) is 0 Å². The van der Waals surface area contributed by atoms with Gasteiger partial charge in [0.1, 0.15) is 10.7 Å². The average Bonchev–Trinajstić information content (AvgIpc) is 2.76. The number of amides is 1. The predicted molar refractivity (Wildman–Crippen MR) is 87.7 cm³/mol. The largest absolute Gasteiger partial charge is 0.396 e. The van der Waals surface area contributed by atoms with E-state index < -0.39 is 0 Å². The minimum Gasteiger partial charge on any atom is -0.396 e. The number of hydrogen-bond acceptors (Lipinski definition) is 6. The highest BCUT2D eigenvalue weighted by molar-refractivity contribution is 7.18. The van der Waals surface area contributed by atoms with Crippen LogP contribution in [0.3, 0.4) is 0 Å². The second kappa shape index (κ2) is 7.61. The molecule has 1 aromatic rings. The second-order valence-corrected chi connectivity index (χ2v) is 7.06. The van der Waals surface area contributed by atoms with Gasteiger partial charge in [-0.3, -0.25) is 4.79 Å². The van der Waals surface area contributed by atoms with E-state index in [-0.39, 0.29) is 29.8 Å². The third-order valence-corrected chi connectivity index (χ3v) is 4.18. The van der Waals surface area contributed by atoms with Gasteiger partial charge in [-0.1, -0.05) is 39.0 Å². The number of aliphatic hydroxyl groups is 1. The van der Waals surface area contributed by atoms with Crippen LogP contribution in [-0.2, 0) is 0 Å². The van der Waals surface area contributed by atoms with Gasteiger partial charge >= 0.3 is 0 Å². The number of nitrogens with one attached hydrogen (secondary N) is 2. The van der Waals surface area contributed by atoms with Gasteiger partial charge in [0.25, 0.3) is 5.91 Å². The van der Waals surface area contributed by atoms with E-state index in [1.807, 2.05) is 20.8 Å². The SMILES string of the molecule is CCCNc1nc(N)c(C(=O)NC(CCO)C(C)(C)C)s1. The Kier molecular flexibility index (Phi) is 6.42. The molecule has 0 spiro atoms. The molecular weight excluding hydrogens is 288 g/mol. The van der Waals surface area contributed by atoms with Crippen LogP contribution in [0.15, 0.2) is 0 Å². The maximum absolute atomic E-state index is 12.4. The molecule has 0 aliphatic rings. The van der Waals surface area contributed by atoms with Crippen LogP contribution in [-0.4, -0.2) is 35.2 Å². The number of nitrogens with zero attached hydrogens (tertiary/aromatic N) is 1. The molecule has 1 atom stereocenters. The maximum Gasteiger partial charge on any atom is 0.265 e. The minimum absolute atomic E-state index is 0.0314. The van der Waals surface area contributed by atoms with Crippen LogP contribution in [0.5, 0.6) is 0 Å². The smallest absolute Gasteiger partial charge is 0.265 e. The van der Waals surface area contributed by atoms with Crippen LogP contribution >= 0.6 is 11.3 Å². The van der Waals surface area contributed by atoms with Gasteiger partial charge in [0.15, 0.2) is 5.13 Å². The first kappa shape index (κ1) is 17.7. The third kappa shape index (κ3) is 5.17. The fourth-order valence-electron chi connectivity index (χ4n) is 1.88. The lowest BCUT2D eigenvalue weighted by Crippen LogP contribution is -2.44. The highest BCUT2D eigenvalue weighted by Crippen LogP contribution is 2.27. The highest BCUT2D eigenvalue weighted by atomic mass is 32.1. The Hall–Kier alpha value is -1.34. The van der Waals surface area contributed by atoms with Gasteiger partial charge in [0, 0.05) is 19.2 Å². The monoisotopic (exact) mass is 314 g/mol. The summed E-state index contributed by atoms with van der Waals surface area (Å²) in [6.45, 7) is 8.96. The van der Waals surface area contributed by atoms with Gasteiger partial charge in [0.05, 0.1) is 0 Å². The molecule has 1 amide bonds. The predicted octanol–water partition coefficient (Wildman–Crippen LogP) is 2.07. The molecular formula is C14H26N4O2S. The summed E-state index contributed by atoms with van der Waals surface area (Å²) < 4.78 is 0. The topological polar surface area (TPSA) is 100 Å². The Morgan fingerprint density at radius 1 is 1.48 bits per heavy atom. The van der Waals surface area contributed by atoms with Crippen LogP contribution in [0, 0.1) is 5.41 Å². The van der Waals surface area contributed by atoms with E-state index in [9.17, 15) is 4.79 Å². The van der Waals surface area contributed by atoms with Crippen molar-refractivity contribution in [2.45, 2.75) is 46.6 Å². The van der Waals surface area contributed by atoms with Gasteiger partial charge < -0.3 is 21.5 Å². The van der Waals surface area contributed by atoms with Gasteiger partial charge in [-0.15, -0.1) is 0 Å². The number of carbonyl (C=O) groups is 1. The van der Waals surface area contributed by atoms with E-state index in [2.05, 4.69) is 22.5 Å². The Balaban J connectivity index is 2.80. The van der Waals surface area contributed by atoms with Crippen molar-refractivity contribution in [3.05, 3.63) is 4.88 Å².